The lowest BCUT2D eigenvalue weighted by molar-refractivity contribution is -0.385. The summed E-state index contributed by atoms with van der Waals surface area (Å²) in [7, 11) is 0. The van der Waals surface area contributed by atoms with E-state index < -0.39 is 4.92 Å². The highest BCUT2D eigenvalue weighted by Crippen LogP contribution is 2.38. The molecular weight excluding hydrogens is 356 g/mol. The molecule has 25 heavy (non-hydrogen) atoms. The molecule has 0 bridgehead atoms. The van der Waals surface area contributed by atoms with Crippen LogP contribution in [0.25, 0.3) is 6.08 Å². The van der Waals surface area contributed by atoms with Gasteiger partial charge in [-0.25, -0.2) is 0 Å². The fraction of sp³-hybridized carbons (Fsp3) is 0.111. The summed E-state index contributed by atoms with van der Waals surface area (Å²) >= 11 is 6.54. The summed E-state index contributed by atoms with van der Waals surface area (Å²) in [5.41, 5.74) is 2.13. The van der Waals surface area contributed by atoms with Crippen LogP contribution in [0.2, 0.25) is 0 Å². The third-order valence-electron chi connectivity index (χ3n) is 3.83. The van der Waals surface area contributed by atoms with Crippen LogP contribution in [-0.2, 0) is 11.2 Å². The second kappa shape index (κ2) is 7.16. The molecule has 1 aliphatic heterocycles. The van der Waals surface area contributed by atoms with E-state index in [1.165, 1.54) is 17.0 Å². The van der Waals surface area contributed by atoms with E-state index in [4.69, 9.17) is 12.2 Å². The maximum Gasteiger partial charge on any atom is 0.276 e. The van der Waals surface area contributed by atoms with Crippen molar-refractivity contribution in [2.24, 2.45) is 0 Å². The van der Waals surface area contributed by atoms with E-state index in [1.807, 2.05) is 31.2 Å². The zero-order valence-electron chi connectivity index (χ0n) is 13.3. The summed E-state index contributed by atoms with van der Waals surface area (Å²) in [5, 5.41) is 11.2. The number of thiocarbonyl (C=S) groups is 1. The largest absolute Gasteiger partial charge is 0.276 e. The first kappa shape index (κ1) is 17.3. The minimum atomic E-state index is -0.459. The zero-order chi connectivity index (χ0) is 18.0. The van der Waals surface area contributed by atoms with E-state index in [2.05, 4.69) is 0 Å². The van der Waals surface area contributed by atoms with Gasteiger partial charge in [0.2, 0.25) is 0 Å². The van der Waals surface area contributed by atoms with Crippen LogP contribution in [0.15, 0.2) is 53.4 Å². The first-order chi connectivity index (χ1) is 12.0. The number of nitro benzene ring substituents is 1. The van der Waals surface area contributed by atoms with Crippen molar-refractivity contribution < 1.29 is 9.72 Å². The first-order valence-electron chi connectivity index (χ1n) is 7.62. The highest BCUT2D eigenvalue weighted by atomic mass is 32.2. The minimum Gasteiger partial charge on any atom is -0.268 e. The van der Waals surface area contributed by atoms with Crippen molar-refractivity contribution in [1.82, 2.24) is 0 Å². The molecular formula is C18H14N2O3S2. The molecule has 3 rings (SSSR count). The first-order valence-corrected chi connectivity index (χ1v) is 8.84. The molecule has 1 heterocycles. The molecule has 0 unspecified atom stereocenters. The van der Waals surface area contributed by atoms with E-state index >= 15 is 0 Å². The maximum absolute atomic E-state index is 12.8. The van der Waals surface area contributed by atoms with E-state index in [0.29, 0.717) is 14.8 Å². The van der Waals surface area contributed by atoms with Crippen LogP contribution in [0.1, 0.15) is 18.1 Å². The van der Waals surface area contributed by atoms with Crippen LogP contribution in [0.3, 0.4) is 0 Å². The number of thioether (sulfide) groups is 1. The Morgan fingerprint density at radius 1 is 1.20 bits per heavy atom. The third kappa shape index (κ3) is 3.33. The molecule has 0 spiro atoms. The lowest BCUT2D eigenvalue weighted by Gasteiger charge is -2.18. The lowest BCUT2D eigenvalue weighted by Crippen LogP contribution is -2.28. The molecule has 1 saturated heterocycles. The van der Waals surface area contributed by atoms with Gasteiger partial charge in [0.15, 0.2) is 4.32 Å². The normalized spacial score (nSPS) is 15.9. The number of nitro groups is 1. The standard InChI is InChI=1S/C18H14N2O3S2/c1-2-12-7-3-5-9-14(12)19-17(21)16(25-18(19)24)11-13-8-4-6-10-15(13)20(22)23/h3-11H,2H2,1H3/b16-11-. The van der Waals surface area contributed by atoms with Gasteiger partial charge in [0.25, 0.3) is 11.6 Å². The van der Waals surface area contributed by atoms with Gasteiger partial charge >= 0.3 is 0 Å². The molecule has 0 N–H and O–H groups in total. The Balaban J connectivity index is 2.01. The summed E-state index contributed by atoms with van der Waals surface area (Å²) < 4.78 is 0.427. The van der Waals surface area contributed by atoms with E-state index in [1.54, 1.807) is 18.2 Å². The van der Waals surface area contributed by atoms with Crippen LogP contribution < -0.4 is 4.90 Å². The van der Waals surface area contributed by atoms with Crippen molar-refractivity contribution in [3.63, 3.8) is 0 Å². The number of nitrogens with zero attached hydrogens (tertiary/aromatic N) is 2. The van der Waals surface area contributed by atoms with Gasteiger partial charge in [0.05, 0.1) is 21.1 Å². The smallest absolute Gasteiger partial charge is 0.268 e. The Labute approximate surface area is 154 Å². The summed E-state index contributed by atoms with van der Waals surface area (Å²) in [4.78, 5) is 25.4. The molecule has 0 radical (unpaired) electrons. The number of benzene rings is 2. The van der Waals surface area contributed by atoms with Gasteiger partial charge < -0.3 is 0 Å². The summed E-state index contributed by atoms with van der Waals surface area (Å²) in [6, 6.07) is 13.9. The van der Waals surface area contributed by atoms with Gasteiger partial charge in [0.1, 0.15) is 0 Å². The predicted molar refractivity (Wildman–Crippen MR) is 105 cm³/mol. The molecule has 0 aliphatic carbocycles. The fourth-order valence-electron chi connectivity index (χ4n) is 2.62. The van der Waals surface area contributed by atoms with E-state index in [9.17, 15) is 14.9 Å². The molecule has 0 saturated carbocycles. The number of carbonyl (C=O) groups is 1. The lowest BCUT2D eigenvalue weighted by atomic mass is 10.1. The van der Waals surface area contributed by atoms with Crippen molar-refractivity contribution in [1.29, 1.82) is 0 Å². The number of para-hydroxylation sites is 2. The van der Waals surface area contributed by atoms with E-state index in [-0.39, 0.29) is 11.6 Å². The van der Waals surface area contributed by atoms with Crippen LogP contribution in [0, 0.1) is 10.1 Å². The van der Waals surface area contributed by atoms with Crippen molar-refractivity contribution in [3.8, 4) is 0 Å². The Hall–Kier alpha value is -2.51. The maximum atomic E-state index is 12.8. The van der Waals surface area contributed by atoms with Gasteiger partial charge in [-0.2, -0.15) is 0 Å². The second-order valence-corrected chi connectivity index (χ2v) is 6.99. The van der Waals surface area contributed by atoms with Gasteiger partial charge in [-0.15, -0.1) is 0 Å². The molecule has 2 aromatic carbocycles. The number of carbonyl (C=O) groups excluding carboxylic acids is 1. The van der Waals surface area contributed by atoms with Crippen molar-refractivity contribution in [2.75, 3.05) is 4.90 Å². The molecule has 0 atom stereocenters. The molecule has 1 aliphatic rings. The topological polar surface area (TPSA) is 63.5 Å². The molecule has 1 fully saturated rings. The quantitative estimate of drug-likeness (QED) is 0.342. The average Bonchev–Trinajstić information content (AvgIpc) is 2.88. The number of hydrogen-bond donors (Lipinski definition) is 0. The number of aryl methyl sites for hydroxylation is 1. The average molecular weight is 370 g/mol. The molecule has 1 amide bonds. The SMILES string of the molecule is CCc1ccccc1N1C(=O)/C(=C/c2ccccc2[N+](=O)[O-])SC1=S. The Morgan fingerprint density at radius 2 is 1.88 bits per heavy atom. The number of hydrogen-bond acceptors (Lipinski definition) is 5. The highest BCUT2D eigenvalue weighted by molar-refractivity contribution is 8.27. The summed E-state index contributed by atoms with van der Waals surface area (Å²) in [6.07, 6.45) is 2.31. The van der Waals surface area contributed by atoms with Crippen molar-refractivity contribution in [2.45, 2.75) is 13.3 Å². The van der Waals surface area contributed by atoms with Gasteiger partial charge in [0, 0.05) is 6.07 Å². The molecule has 2 aromatic rings. The van der Waals surface area contributed by atoms with Gasteiger partial charge in [-0.05, 0) is 30.2 Å². The van der Waals surface area contributed by atoms with Crippen LogP contribution in [-0.4, -0.2) is 15.2 Å². The van der Waals surface area contributed by atoms with Crippen LogP contribution >= 0.6 is 24.0 Å². The molecule has 0 aromatic heterocycles. The van der Waals surface area contributed by atoms with Crippen molar-refractivity contribution in [3.05, 3.63) is 74.7 Å². The molecule has 7 heteroatoms. The summed E-state index contributed by atoms with van der Waals surface area (Å²) in [6.45, 7) is 2.01. The Kier molecular flexibility index (Phi) is 4.96. The monoisotopic (exact) mass is 370 g/mol. The third-order valence-corrected chi connectivity index (χ3v) is 5.13. The van der Waals surface area contributed by atoms with Crippen LogP contribution in [0.5, 0.6) is 0 Å². The minimum absolute atomic E-state index is 0.0401. The number of amides is 1. The van der Waals surface area contributed by atoms with Gasteiger partial charge in [-0.1, -0.05) is 61.2 Å². The number of rotatable bonds is 4. The molecule has 126 valence electrons. The summed E-state index contributed by atoms with van der Waals surface area (Å²) in [5.74, 6) is -0.256. The highest BCUT2D eigenvalue weighted by Gasteiger charge is 2.34. The Morgan fingerprint density at radius 3 is 2.60 bits per heavy atom. The van der Waals surface area contributed by atoms with Crippen molar-refractivity contribution >= 4 is 51.7 Å². The zero-order valence-corrected chi connectivity index (χ0v) is 15.0. The number of anilines is 1. The van der Waals surface area contributed by atoms with E-state index in [0.717, 1.165) is 29.4 Å². The van der Waals surface area contributed by atoms with Gasteiger partial charge in [-0.3, -0.25) is 19.8 Å². The second-order valence-electron chi connectivity index (χ2n) is 5.32. The predicted octanol–water partition coefficient (Wildman–Crippen LogP) is 4.56. The Bertz CT molecular complexity index is 909. The van der Waals surface area contributed by atoms with Crippen LogP contribution in [0.4, 0.5) is 11.4 Å². The molecule has 5 nitrogen and oxygen atoms in total. The fourth-order valence-corrected chi connectivity index (χ4v) is 3.90.